The molecule has 0 atom stereocenters. The van der Waals surface area contributed by atoms with Gasteiger partial charge in [-0.3, -0.25) is 0 Å². The van der Waals surface area contributed by atoms with Crippen molar-refractivity contribution in [2.75, 3.05) is 0 Å². The molecule has 0 N–H and O–H groups in total. The summed E-state index contributed by atoms with van der Waals surface area (Å²) in [7, 11) is 0. The maximum absolute atomic E-state index is 2.56. The third kappa shape index (κ3) is 6.11. The number of para-hydroxylation sites is 2. The van der Waals surface area contributed by atoms with E-state index < -0.39 is 0 Å². The highest BCUT2D eigenvalue weighted by atomic mass is 15.0. The summed E-state index contributed by atoms with van der Waals surface area (Å²) in [6.45, 7) is 0. The molecule has 2 nitrogen and oxygen atoms in total. The van der Waals surface area contributed by atoms with Gasteiger partial charge in [0.1, 0.15) is 0 Å². The standard InChI is InChI=1S/C60H42N2/c1-5-17-41(18-6-1)46-35-47(42-19-7-2-8-20-42)37-48(36-46)45-29-31-51(32-30-45)61-57-28-16-14-26-55(57)59-58(61)34-33-54-53-25-13-15-27-56(53)62(60(54)59)52-39-49(43-21-9-3-10-22-43)38-50(40-52)44-23-11-4-12-24-44/h1-32,35-40H,33-34H2. The maximum atomic E-state index is 2.56. The number of benzene rings is 9. The predicted molar refractivity (Wildman–Crippen MR) is 260 cm³/mol. The van der Waals surface area contributed by atoms with Crippen LogP contribution < -0.4 is 0 Å². The van der Waals surface area contributed by atoms with Crippen molar-refractivity contribution in [3.63, 3.8) is 0 Å². The highest BCUT2D eigenvalue weighted by molar-refractivity contribution is 6.05. The maximum Gasteiger partial charge on any atom is 0.0597 e. The van der Waals surface area contributed by atoms with Crippen LogP contribution in [0, 0.1) is 0 Å². The van der Waals surface area contributed by atoms with Crippen molar-refractivity contribution in [2.24, 2.45) is 0 Å². The Hall–Kier alpha value is -7.94. The molecule has 0 radical (unpaired) electrons. The minimum atomic E-state index is 0.950. The smallest absolute Gasteiger partial charge is 0.0597 e. The fourth-order valence-electron chi connectivity index (χ4n) is 9.95. The average Bonchev–Trinajstić information content (AvgIpc) is 3.88. The molecule has 1 aliphatic rings. The first-order valence-corrected chi connectivity index (χ1v) is 21.6. The van der Waals surface area contributed by atoms with Gasteiger partial charge >= 0.3 is 0 Å². The van der Waals surface area contributed by atoms with Gasteiger partial charge in [0.15, 0.2) is 0 Å². The molecule has 0 bridgehead atoms. The number of aryl methyl sites for hydroxylation is 1. The Labute approximate surface area is 362 Å². The van der Waals surface area contributed by atoms with Crippen LogP contribution in [0.15, 0.2) is 231 Å². The number of nitrogens with zero attached hydrogens (tertiary/aromatic N) is 2. The quantitative estimate of drug-likeness (QED) is 0.152. The van der Waals surface area contributed by atoms with Crippen LogP contribution in [-0.2, 0) is 12.8 Å². The first-order chi connectivity index (χ1) is 30.7. The number of fused-ring (bicyclic) bond motifs is 7. The minimum Gasteiger partial charge on any atom is -0.313 e. The van der Waals surface area contributed by atoms with Crippen LogP contribution in [0.5, 0.6) is 0 Å². The normalized spacial score (nSPS) is 12.1. The van der Waals surface area contributed by atoms with Crippen LogP contribution in [0.2, 0.25) is 0 Å². The van der Waals surface area contributed by atoms with E-state index in [1.54, 1.807) is 0 Å². The second kappa shape index (κ2) is 15.0. The molecule has 0 unspecified atom stereocenters. The predicted octanol–water partition coefficient (Wildman–Crippen LogP) is 15.7. The summed E-state index contributed by atoms with van der Waals surface area (Å²) < 4.78 is 5.09. The molecule has 0 amide bonds. The molecule has 9 aromatic carbocycles. The summed E-state index contributed by atoms with van der Waals surface area (Å²) in [4.78, 5) is 0. The van der Waals surface area contributed by atoms with Crippen molar-refractivity contribution in [2.45, 2.75) is 12.8 Å². The van der Waals surface area contributed by atoms with Crippen molar-refractivity contribution in [1.82, 2.24) is 9.13 Å². The number of hydrogen-bond acceptors (Lipinski definition) is 0. The lowest BCUT2D eigenvalue weighted by Crippen LogP contribution is -2.10. The molecule has 2 aromatic heterocycles. The Kier molecular flexibility index (Phi) is 8.67. The zero-order valence-electron chi connectivity index (χ0n) is 34.2. The van der Waals surface area contributed by atoms with E-state index in [1.165, 1.54) is 111 Å². The van der Waals surface area contributed by atoms with E-state index in [0.29, 0.717) is 0 Å². The SMILES string of the molecule is c1ccc(-c2cc(-c3ccccc3)cc(-c3ccc(-n4c5c(c6ccccc64)-c4c(c6ccccc6n4-c4cc(-c6ccccc6)cc(-c6ccccc6)c4)CC5)cc3)c2)cc1. The van der Waals surface area contributed by atoms with Gasteiger partial charge < -0.3 is 9.13 Å². The Morgan fingerprint density at radius 1 is 0.274 bits per heavy atom. The molecule has 2 heterocycles. The van der Waals surface area contributed by atoms with Gasteiger partial charge in [0.25, 0.3) is 0 Å². The third-order valence-corrected chi connectivity index (χ3v) is 12.8. The van der Waals surface area contributed by atoms with Gasteiger partial charge in [-0.05, 0) is 135 Å². The molecule has 0 aliphatic heterocycles. The lowest BCUT2D eigenvalue weighted by molar-refractivity contribution is 0.863. The van der Waals surface area contributed by atoms with Gasteiger partial charge in [-0.2, -0.15) is 0 Å². The van der Waals surface area contributed by atoms with Crippen molar-refractivity contribution < 1.29 is 0 Å². The molecule has 0 spiro atoms. The van der Waals surface area contributed by atoms with E-state index in [1.807, 2.05) is 0 Å². The largest absolute Gasteiger partial charge is 0.313 e. The van der Waals surface area contributed by atoms with Gasteiger partial charge in [0, 0.05) is 33.4 Å². The van der Waals surface area contributed by atoms with Gasteiger partial charge in [-0.1, -0.05) is 170 Å². The van der Waals surface area contributed by atoms with Crippen LogP contribution in [-0.4, -0.2) is 9.13 Å². The summed E-state index contributed by atoms with van der Waals surface area (Å²) in [6.07, 6.45) is 1.91. The van der Waals surface area contributed by atoms with Crippen LogP contribution in [0.3, 0.4) is 0 Å². The molecule has 11 aromatic rings. The van der Waals surface area contributed by atoms with Crippen LogP contribution in [0.4, 0.5) is 0 Å². The van der Waals surface area contributed by atoms with Crippen molar-refractivity contribution in [1.29, 1.82) is 0 Å². The Morgan fingerprint density at radius 3 is 1.15 bits per heavy atom. The Balaban J connectivity index is 1.04. The Bertz CT molecular complexity index is 3300. The Morgan fingerprint density at radius 2 is 0.661 bits per heavy atom. The molecule has 0 fully saturated rings. The molecule has 12 rings (SSSR count). The zero-order chi connectivity index (χ0) is 41.0. The van der Waals surface area contributed by atoms with Gasteiger partial charge in [-0.25, -0.2) is 0 Å². The summed E-state index contributed by atoms with van der Waals surface area (Å²) in [6, 6.07) is 84.4. The number of rotatable bonds is 7. The van der Waals surface area contributed by atoms with Gasteiger partial charge in [0.2, 0.25) is 0 Å². The number of hydrogen-bond donors (Lipinski definition) is 0. The van der Waals surface area contributed by atoms with Crippen molar-refractivity contribution >= 4 is 21.8 Å². The molecule has 2 heteroatoms. The van der Waals surface area contributed by atoms with Gasteiger partial charge in [0.05, 0.1) is 16.7 Å². The highest BCUT2D eigenvalue weighted by Gasteiger charge is 2.31. The summed E-state index contributed by atoms with van der Waals surface area (Å²) in [5.41, 5.74) is 22.3. The summed E-state index contributed by atoms with van der Waals surface area (Å²) in [5.74, 6) is 0. The summed E-state index contributed by atoms with van der Waals surface area (Å²) >= 11 is 0. The average molecular weight is 791 g/mol. The van der Waals surface area contributed by atoms with E-state index in [4.69, 9.17) is 0 Å². The molecule has 0 saturated carbocycles. The second-order valence-electron chi connectivity index (χ2n) is 16.4. The lowest BCUT2D eigenvalue weighted by Gasteiger charge is -2.21. The first kappa shape index (κ1) is 36.0. The minimum absolute atomic E-state index is 0.950. The van der Waals surface area contributed by atoms with E-state index in [2.05, 4.69) is 240 Å². The van der Waals surface area contributed by atoms with E-state index in [0.717, 1.165) is 12.8 Å². The van der Waals surface area contributed by atoms with E-state index >= 15 is 0 Å². The molecular formula is C60H42N2. The zero-order valence-corrected chi connectivity index (χ0v) is 34.2. The van der Waals surface area contributed by atoms with Crippen LogP contribution >= 0.6 is 0 Å². The molecule has 62 heavy (non-hydrogen) atoms. The highest BCUT2D eigenvalue weighted by Crippen LogP contribution is 2.48. The monoisotopic (exact) mass is 790 g/mol. The van der Waals surface area contributed by atoms with E-state index in [-0.39, 0.29) is 0 Å². The lowest BCUT2D eigenvalue weighted by atomic mass is 9.91. The number of aromatic nitrogens is 2. The molecule has 0 saturated heterocycles. The molecular weight excluding hydrogens is 749 g/mol. The fraction of sp³-hybridized carbons (Fsp3) is 0.0333. The third-order valence-electron chi connectivity index (χ3n) is 12.8. The van der Waals surface area contributed by atoms with Crippen molar-refractivity contribution in [3.05, 3.63) is 242 Å². The topological polar surface area (TPSA) is 9.86 Å². The van der Waals surface area contributed by atoms with Crippen molar-refractivity contribution in [3.8, 4) is 78.3 Å². The van der Waals surface area contributed by atoms with E-state index in [9.17, 15) is 0 Å². The fourth-order valence-corrected chi connectivity index (χ4v) is 9.95. The van der Waals surface area contributed by atoms with Crippen LogP contribution in [0.1, 0.15) is 11.3 Å². The van der Waals surface area contributed by atoms with Gasteiger partial charge in [-0.15, -0.1) is 0 Å². The molecule has 1 aliphatic carbocycles. The first-order valence-electron chi connectivity index (χ1n) is 21.6. The molecule has 292 valence electrons. The second-order valence-corrected chi connectivity index (χ2v) is 16.4. The van der Waals surface area contributed by atoms with Crippen LogP contribution in [0.25, 0.3) is 100 Å². The summed E-state index contributed by atoms with van der Waals surface area (Å²) in [5, 5.41) is 2.61.